The van der Waals surface area contributed by atoms with E-state index in [2.05, 4.69) is 4.90 Å². The van der Waals surface area contributed by atoms with E-state index in [1.807, 2.05) is 0 Å². The minimum absolute atomic E-state index is 0.0760. The Kier molecular flexibility index (Phi) is 5.59. The van der Waals surface area contributed by atoms with Gasteiger partial charge >= 0.3 is 0 Å². The third kappa shape index (κ3) is 4.46. The number of rotatable bonds is 5. The van der Waals surface area contributed by atoms with Crippen LogP contribution < -0.4 is 0 Å². The number of benzene rings is 2. The van der Waals surface area contributed by atoms with Crippen molar-refractivity contribution >= 4 is 17.3 Å². The number of halogens is 1. The van der Waals surface area contributed by atoms with Gasteiger partial charge in [-0.3, -0.25) is 29.9 Å². The Bertz CT molecular complexity index is 878. The van der Waals surface area contributed by atoms with Crippen LogP contribution in [0, 0.1) is 26.0 Å². The van der Waals surface area contributed by atoms with Gasteiger partial charge in [0.05, 0.1) is 21.5 Å². The Morgan fingerprint density at radius 1 is 0.929 bits per heavy atom. The molecule has 0 unspecified atom stereocenters. The SMILES string of the molecule is O=C(c1cc([N+](=O)[O-])cc([N+](=O)[O-])c1)N1CCN(Cc2ccc(F)cc2)CC1. The summed E-state index contributed by atoms with van der Waals surface area (Å²) in [5, 5.41) is 22.0. The molecule has 146 valence electrons. The summed E-state index contributed by atoms with van der Waals surface area (Å²) in [5.74, 6) is -0.779. The topological polar surface area (TPSA) is 110 Å². The number of non-ortho nitro benzene ring substituents is 2. The molecule has 1 aliphatic heterocycles. The molecule has 0 saturated carbocycles. The fraction of sp³-hybridized carbons (Fsp3) is 0.278. The maximum Gasteiger partial charge on any atom is 0.277 e. The Balaban J connectivity index is 1.67. The number of carbonyl (C=O) groups is 1. The predicted octanol–water partition coefficient (Wildman–Crippen LogP) is 2.60. The molecule has 0 atom stereocenters. The first-order valence-electron chi connectivity index (χ1n) is 8.53. The Morgan fingerprint density at radius 3 is 1.96 bits per heavy atom. The van der Waals surface area contributed by atoms with E-state index < -0.39 is 27.1 Å². The minimum atomic E-state index is -0.760. The smallest absolute Gasteiger partial charge is 0.277 e. The third-order valence-corrected chi connectivity index (χ3v) is 4.55. The molecule has 1 aliphatic rings. The van der Waals surface area contributed by atoms with Crippen LogP contribution in [-0.4, -0.2) is 51.7 Å². The van der Waals surface area contributed by atoms with Crippen LogP contribution in [0.1, 0.15) is 15.9 Å². The lowest BCUT2D eigenvalue weighted by molar-refractivity contribution is -0.394. The number of hydrogen-bond acceptors (Lipinski definition) is 6. The number of amides is 1. The van der Waals surface area contributed by atoms with Crippen molar-refractivity contribution in [2.45, 2.75) is 6.54 Å². The molecule has 0 aromatic heterocycles. The largest absolute Gasteiger partial charge is 0.336 e. The first-order chi connectivity index (χ1) is 13.3. The van der Waals surface area contributed by atoms with E-state index >= 15 is 0 Å². The van der Waals surface area contributed by atoms with Crippen LogP contribution in [0.3, 0.4) is 0 Å². The first-order valence-corrected chi connectivity index (χ1v) is 8.53. The second-order valence-electron chi connectivity index (χ2n) is 6.45. The summed E-state index contributed by atoms with van der Waals surface area (Å²) in [6.07, 6.45) is 0. The van der Waals surface area contributed by atoms with Gasteiger partial charge in [0.1, 0.15) is 5.82 Å². The van der Waals surface area contributed by atoms with Gasteiger partial charge in [-0.1, -0.05) is 12.1 Å². The predicted molar refractivity (Wildman–Crippen MR) is 97.3 cm³/mol. The van der Waals surface area contributed by atoms with Crippen molar-refractivity contribution in [3.05, 3.63) is 79.6 Å². The molecule has 0 N–H and O–H groups in total. The van der Waals surface area contributed by atoms with Gasteiger partial charge in [-0.05, 0) is 17.7 Å². The van der Waals surface area contributed by atoms with Gasteiger partial charge in [-0.15, -0.1) is 0 Å². The van der Waals surface area contributed by atoms with Gasteiger partial charge < -0.3 is 4.90 Å². The van der Waals surface area contributed by atoms with Gasteiger partial charge in [-0.2, -0.15) is 0 Å². The maximum absolute atomic E-state index is 13.0. The number of nitro groups is 2. The van der Waals surface area contributed by atoms with Gasteiger partial charge in [0.2, 0.25) is 0 Å². The van der Waals surface area contributed by atoms with Crippen molar-refractivity contribution in [2.75, 3.05) is 26.2 Å². The first kappa shape index (κ1) is 19.4. The lowest BCUT2D eigenvalue weighted by atomic mass is 10.1. The summed E-state index contributed by atoms with van der Waals surface area (Å²) < 4.78 is 13.0. The highest BCUT2D eigenvalue weighted by Crippen LogP contribution is 2.24. The monoisotopic (exact) mass is 388 g/mol. The lowest BCUT2D eigenvalue weighted by Crippen LogP contribution is -2.48. The van der Waals surface area contributed by atoms with E-state index in [0.717, 1.165) is 23.8 Å². The van der Waals surface area contributed by atoms with E-state index in [1.54, 1.807) is 12.1 Å². The fourth-order valence-electron chi connectivity index (χ4n) is 3.07. The highest BCUT2D eigenvalue weighted by atomic mass is 19.1. The molecule has 9 nitrogen and oxygen atoms in total. The number of hydrogen-bond donors (Lipinski definition) is 0. The zero-order chi connectivity index (χ0) is 20.3. The van der Waals surface area contributed by atoms with Crippen molar-refractivity contribution in [2.24, 2.45) is 0 Å². The fourth-order valence-corrected chi connectivity index (χ4v) is 3.07. The normalized spacial score (nSPS) is 14.7. The minimum Gasteiger partial charge on any atom is -0.336 e. The van der Waals surface area contributed by atoms with Crippen LogP contribution >= 0.6 is 0 Å². The molecule has 3 rings (SSSR count). The molecule has 0 aliphatic carbocycles. The third-order valence-electron chi connectivity index (χ3n) is 4.55. The number of nitro benzene ring substituents is 2. The number of piperazine rings is 1. The summed E-state index contributed by atoms with van der Waals surface area (Å²) in [4.78, 5) is 36.8. The Morgan fingerprint density at radius 2 is 1.46 bits per heavy atom. The van der Waals surface area contributed by atoms with E-state index in [1.165, 1.54) is 17.0 Å². The van der Waals surface area contributed by atoms with Crippen molar-refractivity contribution in [1.82, 2.24) is 9.80 Å². The van der Waals surface area contributed by atoms with Crippen molar-refractivity contribution in [1.29, 1.82) is 0 Å². The van der Waals surface area contributed by atoms with E-state index in [0.29, 0.717) is 32.7 Å². The van der Waals surface area contributed by atoms with Gasteiger partial charge in [0.25, 0.3) is 17.3 Å². The van der Waals surface area contributed by atoms with Crippen LogP contribution in [-0.2, 0) is 6.54 Å². The summed E-state index contributed by atoms with van der Waals surface area (Å²) >= 11 is 0. The van der Waals surface area contributed by atoms with E-state index in [-0.39, 0.29) is 11.4 Å². The molecule has 1 fully saturated rings. The van der Waals surface area contributed by atoms with Gasteiger partial charge in [-0.25, -0.2) is 4.39 Å². The number of carbonyl (C=O) groups excluding carboxylic acids is 1. The summed E-state index contributed by atoms with van der Waals surface area (Å²) in [6, 6.07) is 9.14. The molecule has 2 aromatic carbocycles. The Hall–Kier alpha value is -3.40. The molecule has 28 heavy (non-hydrogen) atoms. The highest BCUT2D eigenvalue weighted by molar-refractivity contribution is 5.95. The maximum atomic E-state index is 13.0. The van der Waals surface area contributed by atoms with Gasteiger partial charge in [0, 0.05) is 44.9 Å². The summed E-state index contributed by atoms with van der Waals surface area (Å²) in [6.45, 7) is 2.53. The van der Waals surface area contributed by atoms with Crippen LogP contribution in [0.25, 0.3) is 0 Å². The van der Waals surface area contributed by atoms with Crippen molar-refractivity contribution < 1.29 is 19.0 Å². The lowest BCUT2D eigenvalue weighted by Gasteiger charge is -2.34. The molecule has 1 amide bonds. The van der Waals surface area contributed by atoms with E-state index in [4.69, 9.17) is 0 Å². The van der Waals surface area contributed by atoms with Crippen LogP contribution in [0.4, 0.5) is 15.8 Å². The zero-order valence-electron chi connectivity index (χ0n) is 14.8. The highest BCUT2D eigenvalue weighted by Gasteiger charge is 2.26. The second-order valence-corrected chi connectivity index (χ2v) is 6.45. The molecule has 0 spiro atoms. The van der Waals surface area contributed by atoms with E-state index in [9.17, 15) is 29.4 Å². The molecule has 10 heteroatoms. The van der Waals surface area contributed by atoms with Crippen molar-refractivity contribution in [3.8, 4) is 0 Å². The van der Waals surface area contributed by atoms with Crippen molar-refractivity contribution in [3.63, 3.8) is 0 Å². The molecule has 0 radical (unpaired) electrons. The quantitative estimate of drug-likeness (QED) is 0.575. The van der Waals surface area contributed by atoms with Crippen LogP contribution in [0.2, 0.25) is 0 Å². The summed E-state index contributed by atoms with van der Waals surface area (Å²) in [5.41, 5.74) is -0.108. The molecular formula is C18H17FN4O5. The standard InChI is InChI=1S/C18H17FN4O5/c19-15-3-1-13(2-4-15)12-20-5-7-21(8-6-20)18(24)14-9-16(22(25)26)11-17(10-14)23(27)28/h1-4,9-11H,5-8,12H2. The van der Waals surface area contributed by atoms with Gasteiger partial charge in [0.15, 0.2) is 0 Å². The molecule has 2 aromatic rings. The Labute approximate surface area is 159 Å². The van der Waals surface area contributed by atoms with Crippen LogP contribution in [0.15, 0.2) is 42.5 Å². The molecule has 0 bridgehead atoms. The molecule has 1 heterocycles. The molecular weight excluding hydrogens is 371 g/mol. The number of nitrogens with zero attached hydrogens (tertiary/aromatic N) is 4. The van der Waals surface area contributed by atoms with Crippen LogP contribution in [0.5, 0.6) is 0 Å². The summed E-state index contributed by atoms with van der Waals surface area (Å²) in [7, 11) is 0. The average Bonchev–Trinajstić information content (AvgIpc) is 2.69. The molecule has 1 saturated heterocycles. The average molecular weight is 388 g/mol. The second kappa shape index (κ2) is 8.09. The zero-order valence-corrected chi connectivity index (χ0v) is 14.8.